The molecule has 2 saturated heterocycles. The number of nitrogens with one attached hydrogen (secondary N) is 2. The highest BCUT2D eigenvalue weighted by Crippen LogP contribution is 2.24. The van der Waals surface area contributed by atoms with Crippen molar-refractivity contribution in [2.45, 2.75) is 62.8 Å². The Morgan fingerprint density at radius 1 is 0.977 bits per heavy atom. The highest BCUT2D eigenvalue weighted by atomic mass is 32.2. The second-order valence-electron chi connectivity index (χ2n) is 11.2. The topological polar surface area (TPSA) is 166 Å². The van der Waals surface area contributed by atoms with Gasteiger partial charge in [-0.15, -0.1) is 0 Å². The molecule has 2 aromatic carbocycles. The van der Waals surface area contributed by atoms with Crippen molar-refractivity contribution >= 4 is 44.9 Å². The van der Waals surface area contributed by atoms with Crippen molar-refractivity contribution in [3.05, 3.63) is 70.1 Å². The first kappa shape index (κ1) is 31.0. The van der Waals surface area contributed by atoms with E-state index in [-0.39, 0.29) is 63.4 Å². The van der Waals surface area contributed by atoms with Gasteiger partial charge in [0, 0.05) is 33.0 Å². The lowest BCUT2D eigenvalue weighted by molar-refractivity contribution is -0.135. The molecule has 2 aliphatic rings. The quantitative estimate of drug-likeness (QED) is 0.340. The van der Waals surface area contributed by atoms with Crippen molar-refractivity contribution in [1.29, 1.82) is 0 Å². The molecule has 2 N–H and O–H groups in total. The molecule has 3 aromatic rings. The summed E-state index contributed by atoms with van der Waals surface area (Å²) in [4.78, 5) is 63.3. The number of aryl methyl sites for hydroxylation is 2. The first-order chi connectivity index (χ1) is 21.0. The van der Waals surface area contributed by atoms with Crippen LogP contribution < -0.4 is 15.7 Å². The summed E-state index contributed by atoms with van der Waals surface area (Å²) >= 11 is 0. The molecule has 0 spiro atoms. The smallest absolute Gasteiger partial charge is 0.410 e. The van der Waals surface area contributed by atoms with E-state index in [1.807, 2.05) is 36.4 Å². The standard InChI is InChI=1S/C30H35N5O8S/c1-33-25-18-20(10-11-23(25)35(29(33)39)24-12-13-26(36)31-28(24)38)8-5-9-27(37)32-44(41,42)22-14-16-34(17-15-22)30(40)43-19-21-6-3-2-4-7-21/h2-4,6-7,10-11,18,22,24H,5,8-9,12-17,19H2,1H3,(H,32,37)(H,31,36,38). The molecule has 0 saturated carbocycles. The average Bonchev–Trinajstić information content (AvgIpc) is 3.25. The summed E-state index contributed by atoms with van der Waals surface area (Å²) in [6.07, 6.45) is 1.10. The number of aromatic nitrogens is 2. The van der Waals surface area contributed by atoms with Crippen LogP contribution in [0.2, 0.25) is 0 Å². The summed E-state index contributed by atoms with van der Waals surface area (Å²) < 4.78 is 36.1. The number of hydrogen-bond donors (Lipinski definition) is 2. The van der Waals surface area contributed by atoms with Gasteiger partial charge in [-0.05, 0) is 55.4 Å². The SMILES string of the molecule is Cn1c(=O)n(C2CCC(=O)NC2=O)c2ccc(CCCC(=O)NS(=O)(=O)C3CCN(C(=O)OCc4ccccc4)CC3)cc21. The summed E-state index contributed by atoms with van der Waals surface area (Å²) in [6.45, 7) is 0.558. The molecule has 2 fully saturated rings. The summed E-state index contributed by atoms with van der Waals surface area (Å²) in [5.41, 5.74) is 2.51. The molecule has 44 heavy (non-hydrogen) atoms. The lowest BCUT2D eigenvalue weighted by Gasteiger charge is -2.31. The lowest BCUT2D eigenvalue weighted by Crippen LogP contribution is -2.46. The van der Waals surface area contributed by atoms with Gasteiger partial charge in [-0.1, -0.05) is 36.4 Å². The fourth-order valence-corrected chi connectivity index (χ4v) is 7.12. The summed E-state index contributed by atoms with van der Waals surface area (Å²) in [5.74, 6) is -1.47. The maximum atomic E-state index is 13.0. The van der Waals surface area contributed by atoms with Crippen molar-refractivity contribution in [1.82, 2.24) is 24.1 Å². The van der Waals surface area contributed by atoms with Gasteiger partial charge in [-0.2, -0.15) is 0 Å². The highest BCUT2D eigenvalue weighted by molar-refractivity contribution is 7.90. The van der Waals surface area contributed by atoms with Crippen LogP contribution >= 0.6 is 0 Å². The van der Waals surface area contributed by atoms with Crippen molar-refractivity contribution in [3.63, 3.8) is 0 Å². The minimum absolute atomic E-state index is 0.0157. The summed E-state index contributed by atoms with van der Waals surface area (Å²) in [5, 5.41) is 1.49. The largest absolute Gasteiger partial charge is 0.445 e. The van der Waals surface area contributed by atoms with E-state index in [9.17, 15) is 32.4 Å². The number of imide groups is 1. The normalized spacial score (nSPS) is 17.8. The second kappa shape index (κ2) is 13.0. The van der Waals surface area contributed by atoms with Gasteiger partial charge >= 0.3 is 11.8 Å². The fraction of sp³-hybridized carbons (Fsp3) is 0.433. The van der Waals surface area contributed by atoms with Crippen molar-refractivity contribution in [2.75, 3.05) is 13.1 Å². The van der Waals surface area contributed by atoms with Crippen LogP contribution in [-0.4, -0.2) is 64.6 Å². The molecule has 0 bridgehead atoms. The Morgan fingerprint density at radius 2 is 1.70 bits per heavy atom. The van der Waals surface area contributed by atoms with Crippen molar-refractivity contribution in [2.24, 2.45) is 7.05 Å². The number of benzene rings is 2. The highest BCUT2D eigenvalue weighted by Gasteiger charge is 2.33. The number of hydrogen-bond acceptors (Lipinski definition) is 8. The summed E-state index contributed by atoms with van der Waals surface area (Å²) in [6, 6.07) is 13.8. The Morgan fingerprint density at radius 3 is 2.41 bits per heavy atom. The van der Waals surface area contributed by atoms with Crippen LogP contribution in [0.3, 0.4) is 0 Å². The molecule has 2 aliphatic heterocycles. The molecule has 5 rings (SSSR count). The number of rotatable bonds is 9. The Bertz CT molecular complexity index is 1740. The lowest BCUT2D eigenvalue weighted by atomic mass is 10.0. The number of ether oxygens (including phenoxy) is 1. The van der Waals surface area contributed by atoms with E-state index in [2.05, 4.69) is 10.0 Å². The first-order valence-corrected chi connectivity index (χ1v) is 16.1. The van der Waals surface area contributed by atoms with Gasteiger partial charge in [0.1, 0.15) is 12.6 Å². The van der Waals surface area contributed by atoms with E-state index in [4.69, 9.17) is 4.74 Å². The van der Waals surface area contributed by atoms with Crippen LogP contribution in [0.5, 0.6) is 0 Å². The maximum absolute atomic E-state index is 13.0. The number of carbonyl (C=O) groups excluding carboxylic acids is 4. The van der Waals surface area contributed by atoms with Gasteiger partial charge in [0.05, 0.1) is 16.3 Å². The molecule has 0 radical (unpaired) electrons. The Labute approximate surface area is 254 Å². The van der Waals surface area contributed by atoms with E-state index < -0.39 is 39.2 Å². The number of fused-ring (bicyclic) bond motifs is 1. The van der Waals surface area contributed by atoms with Crippen molar-refractivity contribution < 1.29 is 32.3 Å². The second-order valence-corrected chi connectivity index (χ2v) is 13.1. The third kappa shape index (κ3) is 6.85. The number of likely N-dealkylation sites (tertiary alicyclic amines) is 1. The van der Waals surface area contributed by atoms with Gasteiger partial charge in [0.15, 0.2) is 0 Å². The molecular formula is C30H35N5O8S. The zero-order chi connectivity index (χ0) is 31.4. The van der Waals surface area contributed by atoms with Gasteiger partial charge in [-0.25, -0.2) is 18.0 Å². The van der Waals surface area contributed by atoms with E-state index >= 15 is 0 Å². The van der Waals surface area contributed by atoms with E-state index in [0.717, 1.165) is 11.1 Å². The Hall–Kier alpha value is -4.46. The monoisotopic (exact) mass is 625 g/mol. The minimum Gasteiger partial charge on any atom is -0.445 e. The molecular weight excluding hydrogens is 590 g/mol. The molecule has 1 aromatic heterocycles. The van der Waals surface area contributed by atoms with Crippen LogP contribution in [0.4, 0.5) is 4.79 Å². The van der Waals surface area contributed by atoms with Gasteiger partial charge in [0.25, 0.3) is 0 Å². The molecule has 14 heteroatoms. The molecule has 234 valence electrons. The van der Waals surface area contributed by atoms with Crippen LogP contribution in [0.25, 0.3) is 11.0 Å². The minimum atomic E-state index is -3.91. The molecule has 3 heterocycles. The average molecular weight is 626 g/mol. The third-order valence-corrected chi connectivity index (χ3v) is 10.0. The maximum Gasteiger partial charge on any atom is 0.410 e. The number of sulfonamides is 1. The van der Waals surface area contributed by atoms with Crippen LogP contribution in [0.1, 0.15) is 55.7 Å². The van der Waals surface area contributed by atoms with Crippen LogP contribution in [0.15, 0.2) is 53.3 Å². The zero-order valence-electron chi connectivity index (χ0n) is 24.4. The first-order valence-electron chi connectivity index (χ1n) is 14.6. The van der Waals surface area contributed by atoms with Crippen LogP contribution in [0, 0.1) is 0 Å². The van der Waals surface area contributed by atoms with Gasteiger partial charge in [0.2, 0.25) is 27.7 Å². The number of carbonyl (C=O) groups is 4. The zero-order valence-corrected chi connectivity index (χ0v) is 25.2. The molecule has 4 amide bonds. The van der Waals surface area contributed by atoms with E-state index in [1.54, 1.807) is 19.2 Å². The fourth-order valence-electron chi connectivity index (χ4n) is 5.70. The van der Waals surface area contributed by atoms with Crippen LogP contribution in [-0.2, 0) is 49.2 Å². The predicted molar refractivity (Wildman–Crippen MR) is 160 cm³/mol. The van der Waals surface area contributed by atoms with Gasteiger partial charge < -0.3 is 9.64 Å². The Balaban J connectivity index is 1.10. The molecule has 1 atom stereocenters. The van der Waals surface area contributed by atoms with E-state index in [0.29, 0.717) is 23.9 Å². The number of imidazole rings is 1. The number of amides is 4. The van der Waals surface area contributed by atoms with Crippen molar-refractivity contribution in [3.8, 4) is 0 Å². The van der Waals surface area contributed by atoms with E-state index in [1.165, 1.54) is 14.0 Å². The predicted octanol–water partition coefficient (Wildman–Crippen LogP) is 1.89. The number of piperidine rings is 2. The molecule has 13 nitrogen and oxygen atoms in total. The van der Waals surface area contributed by atoms with Gasteiger partial charge in [-0.3, -0.25) is 33.6 Å². The third-order valence-electron chi connectivity index (χ3n) is 8.15. The summed E-state index contributed by atoms with van der Waals surface area (Å²) in [7, 11) is -2.31. The Kier molecular flexibility index (Phi) is 9.18. The molecule has 0 aliphatic carbocycles. The number of nitrogens with zero attached hydrogens (tertiary/aromatic N) is 3. The molecule has 1 unspecified atom stereocenters.